The van der Waals surface area contributed by atoms with Crippen molar-refractivity contribution >= 4 is 39.9 Å². The molecule has 0 aliphatic carbocycles. The Labute approximate surface area is 156 Å². The lowest BCUT2D eigenvalue weighted by Crippen LogP contribution is -2.37. The fraction of sp³-hybridized carbons (Fsp3) is 0.263. The quantitative estimate of drug-likeness (QED) is 0.532. The van der Waals surface area contributed by atoms with Crippen molar-refractivity contribution in [2.24, 2.45) is 5.92 Å². The average Bonchev–Trinajstić information content (AvgIpc) is 3.04. The van der Waals surface area contributed by atoms with Gasteiger partial charge in [-0.15, -0.1) is 0 Å². The van der Waals surface area contributed by atoms with Gasteiger partial charge >= 0.3 is 0 Å². The predicted molar refractivity (Wildman–Crippen MR) is 105 cm³/mol. The number of anilines is 2. The number of aromatic nitrogens is 2. The number of carbonyl (C=O) groups is 1. The molecule has 5 N–H and O–H groups in total. The number of carbonyl (C=O) groups excluding carboxylic acids is 1. The minimum atomic E-state index is -0.0229. The topological polar surface area (TPSA) is 95.8 Å². The highest BCUT2D eigenvalue weighted by Gasteiger charge is 2.22. The molecule has 0 bridgehead atoms. The first-order valence-corrected chi connectivity index (χ1v) is 9.05. The van der Waals surface area contributed by atoms with Gasteiger partial charge in [-0.1, -0.05) is 23.7 Å². The van der Waals surface area contributed by atoms with E-state index in [0.29, 0.717) is 23.1 Å². The number of piperidine rings is 1. The number of fused-ring (bicyclic) bond motifs is 1. The second-order valence-electron chi connectivity index (χ2n) is 6.60. The van der Waals surface area contributed by atoms with Crippen molar-refractivity contribution in [3.8, 4) is 11.1 Å². The number of nitrogen functional groups attached to an aromatic ring is 1. The minimum absolute atomic E-state index is 0.00141. The summed E-state index contributed by atoms with van der Waals surface area (Å²) in [6, 6.07) is 11.3. The zero-order chi connectivity index (χ0) is 18.1. The summed E-state index contributed by atoms with van der Waals surface area (Å²) >= 11 is 6.33. The molecule has 1 fully saturated rings. The molecule has 2 heterocycles. The van der Waals surface area contributed by atoms with E-state index in [2.05, 4.69) is 20.8 Å². The summed E-state index contributed by atoms with van der Waals surface area (Å²) < 4.78 is 0. The molecule has 0 saturated carbocycles. The number of nitrogens with one attached hydrogen (secondary N) is 3. The van der Waals surface area contributed by atoms with Crippen LogP contribution in [0.2, 0.25) is 5.02 Å². The third kappa shape index (κ3) is 3.25. The Kier molecular flexibility index (Phi) is 4.53. The van der Waals surface area contributed by atoms with Crippen LogP contribution in [0.25, 0.3) is 22.0 Å². The smallest absolute Gasteiger partial charge is 0.229 e. The Morgan fingerprint density at radius 3 is 2.92 bits per heavy atom. The van der Waals surface area contributed by atoms with Crippen LogP contribution in [0.5, 0.6) is 0 Å². The summed E-state index contributed by atoms with van der Waals surface area (Å²) in [5, 5.41) is 14.9. The minimum Gasteiger partial charge on any atom is -0.399 e. The van der Waals surface area contributed by atoms with Crippen LogP contribution >= 0.6 is 11.6 Å². The van der Waals surface area contributed by atoms with Gasteiger partial charge in [0.05, 0.1) is 16.5 Å². The van der Waals surface area contributed by atoms with E-state index in [-0.39, 0.29) is 11.8 Å². The molecule has 1 atom stereocenters. The van der Waals surface area contributed by atoms with Crippen LogP contribution < -0.4 is 16.4 Å². The lowest BCUT2D eigenvalue weighted by Gasteiger charge is -2.21. The molecular formula is C19H20ClN5O. The van der Waals surface area contributed by atoms with Crippen LogP contribution in [-0.2, 0) is 4.79 Å². The monoisotopic (exact) mass is 369 g/mol. The molecule has 1 aliphatic heterocycles. The Bertz CT molecular complexity index is 962. The van der Waals surface area contributed by atoms with E-state index in [0.717, 1.165) is 41.4 Å². The summed E-state index contributed by atoms with van der Waals surface area (Å²) in [5.41, 5.74) is 9.09. The van der Waals surface area contributed by atoms with Crippen LogP contribution in [0, 0.1) is 5.92 Å². The molecular weight excluding hydrogens is 350 g/mol. The van der Waals surface area contributed by atoms with Gasteiger partial charge in [-0.25, -0.2) is 0 Å². The Morgan fingerprint density at radius 2 is 2.15 bits per heavy atom. The molecule has 4 rings (SSSR count). The first-order chi connectivity index (χ1) is 12.6. The highest BCUT2D eigenvalue weighted by Crippen LogP contribution is 2.33. The van der Waals surface area contributed by atoms with Crippen molar-refractivity contribution in [2.75, 3.05) is 24.1 Å². The van der Waals surface area contributed by atoms with Crippen LogP contribution in [0.15, 0.2) is 36.4 Å². The first kappa shape index (κ1) is 16.9. The summed E-state index contributed by atoms with van der Waals surface area (Å²) in [6.45, 7) is 1.68. The van der Waals surface area contributed by atoms with Gasteiger partial charge in [0, 0.05) is 23.2 Å². The third-order valence-electron chi connectivity index (χ3n) is 4.78. The molecule has 1 amide bonds. The van der Waals surface area contributed by atoms with Gasteiger partial charge in [0.15, 0.2) is 5.82 Å². The Hall–Kier alpha value is -2.57. The standard InChI is InChI=1S/C19H20ClN5O/c20-16-9-13(21)4-5-14(16)11-3-6-17-15(8-11)18(25-24-17)23-19(26)12-2-1-7-22-10-12/h3-6,8-9,12,22H,1-2,7,10,21H2,(H2,23,24,25,26)/t12-/m1/s1. The summed E-state index contributed by atoms with van der Waals surface area (Å²) in [7, 11) is 0. The van der Waals surface area contributed by atoms with E-state index in [4.69, 9.17) is 17.3 Å². The number of benzene rings is 2. The molecule has 0 spiro atoms. The number of halogens is 1. The average molecular weight is 370 g/mol. The van der Waals surface area contributed by atoms with Gasteiger partial charge in [0.2, 0.25) is 5.91 Å². The second kappa shape index (κ2) is 6.97. The van der Waals surface area contributed by atoms with Gasteiger partial charge < -0.3 is 16.4 Å². The molecule has 1 aromatic heterocycles. The zero-order valence-electron chi connectivity index (χ0n) is 14.2. The maximum absolute atomic E-state index is 12.5. The molecule has 134 valence electrons. The van der Waals surface area contributed by atoms with E-state index in [9.17, 15) is 4.79 Å². The van der Waals surface area contributed by atoms with E-state index >= 15 is 0 Å². The summed E-state index contributed by atoms with van der Waals surface area (Å²) in [5.74, 6) is 0.524. The van der Waals surface area contributed by atoms with Gasteiger partial charge in [-0.2, -0.15) is 5.10 Å². The molecule has 3 aromatic rings. The largest absolute Gasteiger partial charge is 0.399 e. The molecule has 0 unspecified atom stereocenters. The number of rotatable bonds is 3. The molecule has 2 aromatic carbocycles. The molecule has 26 heavy (non-hydrogen) atoms. The maximum Gasteiger partial charge on any atom is 0.229 e. The lowest BCUT2D eigenvalue weighted by molar-refractivity contribution is -0.120. The fourth-order valence-corrected chi connectivity index (χ4v) is 3.63. The number of hydrogen-bond donors (Lipinski definition) is 4. The number of nitrogens with two attached hydrogens (primary N) is 1. The van der Waals surface area contributed by atoms with E-state index in [1.807, 2.05) is 30.3 Å². The van der Waals surface area contributed by atoms with Crippen molar-refractivity contribution in [3.63, 3.8) is 0 Å². The van der Waals surface area contributed by atoms with Crippen molar-refractivity contribution in [3.05, 3.63) is 41.4 Å². The maximum atomic E-state index is 12.5. The van der Waals surface area contributed by atoms with E-state index in [1.54, 1.807) is 6.07 Å². The van der Waals surface area contributed by atoms with Crippen LogP contribution in [0.1, 0.15) is 12.8 Å². The van der Waals surface area contributed by atoms with Crippen LogP contribution in [-0.4, -0.2) is 29.2 Å². The predicted octanol–water partition coefficient (Wildman–Crippen LogP) is 3.40. The highest BCUT2D eigenvalue weighted by molar-refractivity contribution is 6.33. The second-order valence-corrected chi connectivity index (χ2v) is 7.01. The van der Waals surface area contributed by atoms with Gasteiger partial charge in [0.25, 0.3) is 0 Å². The number of hydrogen-bond acceptors (Lipinski definition) is 4. The number of amides is 1. The number of nitrogens with zero attached hydrogens (tertiary/aromatic N) is 1. The molecule has 6 nitrogen and oxygen atoms in total. The third-order valence-corrected chi connectivity index (χ3v) is 5.09. The lowest BCUT2D eigenvalue weighted by atomic mass is 9.99. The SMILES string of the molecule is Nc1ccc(-c2ccc3[nH]nc(NC(=O)[C@@H]4CCCNC4)c3c2)c(Cl)c1. The van der Waals surface area contributed by atoms with Crippen LogP contribution in [0.3, 0.4) is 0 Å². The molecule has 0 radical (unpaired) electrons. The normalized spacial score (nSPS) is 17.3. The van der Waals surface area contributed by atoms with Gasteiger partial charge in [-0.3, -0.25) is 9.89 Å². The van der Waals surface area contributed by atoms with E-state index in [1.165, 1.54) is 0 Å². The molecule has 1 saturated heterocycles. The molecule has 7 heteroatoms. The van der Waals surface area contributed by atoms with Crippen molar-refractivity contribution in [2.45, 2.75) is 12.8 Å². The number of aromatic amines is 1. The van der Waals surface area contributed by atoms with Gasteiger partial charge in [0.1, 0.15) is 0 Å². The van der Waals surface area contributed by atoms with E-state index < -0.39 is 0 Å². The Balaban J connectivity index is 1.65. The summed E-state index contributed by atoms with van der Waals surface area (Å²) in [6.07, 6.45) is 1.91. The zero-order valence-corrected chi connectivity index (χ0v) is 14.9. The van der Waals surface area contributed by atoms with Crippen molar-refractivity contribution in [1.29, 1.82) is 0 Å². The highest BCUT2D eigenvalue weighted by atomic mass is 35.5. The van der Waals surface area contributed by atoms with Crippen LogP contribution in [0.4, 0.5) is 11.5 Å². The Morgan fingerprint density at radius 1 is 1.27 bits per heavy atom. The number of H-pyrrole nitrogens is 1. The molecule has 1 aliphatic rings. The van der Waals surface area contributed by atoms with Gasteiger partial charge in [-0.05, 0) is 49.2 Å². The first-order valence-electron chi connectivity index (χ1n) is 8.67. The fourth-order valence-electron chi connectivity index (χ4n) is 3.34. The van der Waals surface area contributed by atoms with Crippen molar-refractivity contribution in [1.82, 2.24) is 15.5 Å². The summed E-state index contributed by atoms with van der Waals surface area (Å²) in [4.78, 5) is 12.5. The van der Waals surface area contributed by atoms with Crippen molar-refractivity contribution < 1.29 is 4.79 Å².